The van der Waals surface area contributed by atoms with Crippen molar-refractivity contribution in [2.24, 2.45) is 0 Å². The van der Waals surface area contributed by atoms with Crippen molar-refractivity contribution in [2.45, 2.75) is 26.0 Å². The summed E-state index contributed by atoms with van der Waals surface area (Å²) in [5.41, 5.74) is 0. The summed E-state index contributed by atoms with van der Waals surface area (Å²) in [4.78, 5) is 12.8. The fraction of sp³-hybridized carbons (Fsp3) is 0.889. The van der Waals surface area contributed by atoms with Crippen molar-refractivity contribution in [3.05, 3.63) is 0 Å². The molecule has 0 saturated carbocycles. The van der Waals surface area contributed by atoms with Gasteiger partial charge in [0.25, 0.3) is 0 Å². The summed E-state index contributed by atoms with van der Waals surface area (Å²) >= 11 is 0. The number of hydrogen-bond acceptors (Lipinski definition) is 3. The maximum atomic E-state index is 11.8. The Morgan fingerprint density at radius 2 is 1.73 bits per heavy atom. The average molecular weight is 236 g/mol. The molecule has 6 heteroatoms. The first kappa shape index (κ1) is 14.4. The molecule has 1 amide bonds. The van der Waals surface area contributed by atoms with Gasteiger partial charge in [0.05, 0.1) is 11.8 Å². The molecule has 0 aliphatic rings. The van der Waals surface area contributed by atoms with Gasteiger partial charge in [0.1, 0.15) is 0 Å². The van der Waals surface area contributed by atoms with E-state index in [1.54, 1.807) is 34.9 Å². The highest BCUT2D eigenvalue weighted by Gasteiger charge is 2.26. The second-order valence-electron chi connectivity index (χ2n) is 3.81. The van der Waals surface area contributed by atoms with Gasteiger partial charge in [-0.25, -0.2) is 8.42 Å². The van der Waals surface area contributed by atoms with E-state index < -0.39 is 15.3 Å². The van der Waals surface area contributed by atoms with Crippen molar-refractivity contribution >= 4 is 15.9 Å². The van der Waals surface area contributed by atoms with Crippen LogP contribution in [0.15, 0.2) is 0 Å². The number of hydrogen-bond donors (Lipinski definition) is 0. The average Bonchev–Trinajstić information content (AvgIpc) is 2.12. The molecule has 5 nitrogen and oxygen atoms in total. The summed E-state index contributed by atoms with van der Waals surface area (Å²) in [5, 5.41) is -0.493. The number of carbonyl (C=O) groups is 1. The normalized spacial score (nSPS) is 12.2. The molecule has 0 aliphatic carbocycles. The molecular formula is C9H20N2O3S. The topological polar surface area (TPSA) is 57.7 Å². The Bertz CT molecular complexity index is 309. The standard InChI is InChI=1S/C9H20N2O3S/c1-6-11(7-9(12)10(4)5)15(13,14)8(2)3/h8H,6-7H2,1-5H3. The van der Waals surface area contributed by atoms with E-state index in [0.717, 1.165) is 0 Å². The largest absolute Gasteiger partial charge is 0.348 e. The maximum Gasteiger partial charge on any atom is 0.237 e. The van der Waals surface area contributed by atoms with E-state index in [1.807, 2.05) is 0 Å². The number of sulfonamides is 1. The number of likely N-dealkylation sites (N-methyl/N-ethyl adjacent to an activating group) is 2. The number of carbonyl (C=O) groups excluding carboxylic acids is 1. The lowest BCUT2D eigenvalue weighted by Crippen LogP contribution is -2.42. The first-order valence-electron chi connectivity index (χ1n) is 4.92. The van der Waals surface area contributed by atoms with E-state index in [0.29, 0.717) is 6.54 Å². The zero-order valence-electron chi connectivity index (χ0n) is 10.0. The summed E-state index contributed by atoms with van der Waals surface area (Å²) in [6, 6.07) is 0. The second kappa shape index (κ2) is 5.46. The van der Waals surface area contributed by atoms with Gasteiger partial charge in [-0.1, -0.05) is 6.92 Å². The quantitative estimate of drug-likeness (QED) is 0.682. The van der Waals surface area contributed by atoms with E-state index in [-0.39, 0.29) is 12.5 Å². The van der Waals surface area contributed by atoms with E-state index in [4.69, 9.17) is 0 Å². The molecule has 0 aromatic carbocycles. The van der Waals surface area contributed by atoms with Crippen LogP contribution >= 0.6 is 0 Å². The van der Waals surface area contributed by atoms with Crippen molar-refractivity contribution < 1.29 is 13.2 Å². The van der Waals surface area contributed by atoms with Gasteiger partial charge < -0.3 is 4.90 Å². The zero-order valence-corrected chi connectivity index (χ0v) is 10.8. The highest BCUT2D eigenvalue weighted by atomic mass is 32.2. The van der Waals surface area contributed by atoms with Gasteiger partial charge in [-0.3, -0.25) is 4.79 Å². The fourth-order valence-corrected chi connectivity index (χ4v) is 2.22. The van der Waals surface area contributed by atoms with Gasteiger partial charge in [-0.05, 0) is 13.8 Å². The Kier molecular flexibility index (Phi) is 5.23. The molecule has 0 N–H and O–H groups in total. The van der Waals surface area contributed by atoms with Crippen LogP contribution in [0.1, 0.15) is 20.8 Å². The molecular weight excluding hydrogens is 216 g/mol. The van der Waals surface area contributed by atoms with Crippen LogP contribution in [0.2, 0.25) is 0 Å². The molecule has 0 aliphatic heterocycles. The Hall–Kier alpha value is -0.620. The van der Waals surface area contributed by atoms with Gasteiger partial charge in [-0.2, -0.15) is 4.31 Å². The predicted molar refractivity (Wildman–Crippen MR) is 60.0 cm³/mol. The number of nitrogens with zero attached hydrogens (tertiary/aromatic N) is 2. The smallest absolute Gasteiger partial charge is 0.237 e. The summed E-state index contributed by atoms with van der Waals surface area (Å²) in [6.45, 7) is 5.18. The third-order valence-corrected chi connectivity index (χ3v) is 4.42. The van der Waals surface area contributed by atoms with Crippen LogP contribution in [0.5, 0.6) is 0 Å². The van der Waals surface area contributed by atoms with Gasteiger partial charge in [0, 0.05) is 20.6 Å². The molecule has 15 heavy (non-hydrogen) atoms. The molecule has 0 atom stereocenters. The van der Waals surface area contributed by atoms with Gasteiger partial charge in [0.2, 0.25) is 15.9 Å². The van der Waals surface area contributed by atoms with Crippen LogP contribution < -0.4 is 0 Å². The number of amides is 1. The Balaban J connectivity index is 4.73. The van der Waals surface area contributed by atoms with Crippen LogP contribution in [-0.2, 0) is 14.8 Å². The minimum atomic E-state index is -3.33. The van der Waals surface area contributed by atoms with E-state index in [1.165, 1.54) is 9.21 Å². The SMILES string of the molecule is CCN(CC(=O)N(C)C)S(=O)(=O)C(C)C. The summed E-state index contributed by atoms with van der Waals surface area (Å²) < 4.78 is 24.8. The first-order chi connectivity index (χ1) is 6.73. The van der Waals surface area contributed by atoms with Crippen LogP contribution in [0.3, 0.4) is 0 Å². The first-order valence-corrected chi connectivity index (χ1v) is 6.42. The van der Waals surface area contributed by atoms with Crippen molar-refractivity contribution in [1.82, 2.24) is 9.21 Å². The highest BCUT2D eigenvalue weighted by Crippen LogP contribution is 2.08. The molecule has 90 valence electrons. The van der Waals surface area contributed by atoms with Crippen molar-refractivity contribution in [2.75, 3.05) is 27.2 Å². The Morgan fingerprint density at radius 1 is 1.27 bits per heavy atom. The third-order valence-electron chi connectivity index (χ3n) is 2.12. The molecule has 0 rings (SSSR count). The van der Waals surface area contributed by atoms with E-state index >= 15 is 0 Å². The molecule has 0 radical (unpaired) electrons. The van der Waals surface area contributed by atoms with Crippen LogP contribution in [0, 0.1) is 0 Å². The summed E-state index contributed by atoms with van der Waals surface area (Å²) in [6.07, 6.45) is 0. The van der Waals surface area contributed by atoms with E-state index in [9.17, 15) is 13.2 Å². The van der Waals surface area contributed by atoms with E-state index in [2.05, 4.69) is 0 Å². The lowest BCUT2D eigenvalue weighted by Gasteiger charge is -2.23. The monoisotopic (exact) mass is 236 g/mol. The Labute approximate surface area is 92.1 Å². The maximum absolute atomic E-state index is 11.8. The molecule has 0 heterocycles. The van der Waals surface area contributed by atoms with Crippen LogP contribution in [0.4, 0.5) is 0 Å². The van der Waals surface area contributed by atoms with Crippen molar-refractivity contribution in [3.63, 3.8) is 0 Å². The molecule has 0 aromatic heterocycles. The van der Waals surface area contributed by atoms with Gasteiger partial charge >= 0.3 is 0 Å². The molecule has 0 bridgehead atoms. The van der Waals surface area contributed by atoms with Crippen molar-refractivity contribution in [3.8, 4) is 0 Å². The third kappa shape index (κ3) is 3.79. The predicted octanol–water partition coefficient (Wildman–Crippen LogP) is 0.135. The minimum Gasteiger partial charge on any atom is -0.348 e. The highest BCUT2D eigenvalue weighted by molar-refractivity contribution is 7.89. The summed E-state index contributed by atoms with van der Waals surface area (Å²) in [7, 11) is -0.113. The van der Waals surface area contributed by atoms with Gasteiger partial charge in [0.15, 0.2) is 0 Å². The van der Waals surface area contributed by atoms with Crippen molar-refractivity contribution in [1.29, 1.82) is 0 Å². The lowest BCUT2D eigenvalue weighted by atomic mass is 10.5. The van der Waals surface area contributed by atoms with Crippen LogP contribution in [0.25, 0.3) is 0 Å². The summed E-state index contributed by atoms with van der Waals surface area (Å²) in [5.74, 6) is -0.207. The molecule has 0 aromatic rings. The van der Waals surface area contributed by atoms with Gasteiger partial charge in [-0.15, -0.1) is 0 Å². The fourth-order valence-electron chi connectivity index (χ4n) is 0.972. The molecule has 0 unspecified atom stereocenters. The second-order valence-corrected chi connectivity index (χ2v) is 6.30. The van der Waals surface area contributed by atoms with Crippen LogP contribution in [-0.4, -0.2) is 56.0 Å². The lowest BCUT2D eigenvalue weighted by molar-refractivity contribution is -0.128. The molecule has 0 spiro atoms. The Morgan fingerprint density at radius 3 is 2.00 bits per heavy atom. The number of rotatable bonds is 5. The minimum absolute atomic E-state index is 0.0794. The molecule has 0 fully saturated rings. The zero-order chi connectivity index (χ0) is 12.2. The molecule has 0 saturated heterocycles.